The third-order valence-electron chi connectivity index (χ3n) is 5.40. The highest BCUT2D eigenvalue weighted by atomic mass is 16.2. The van der Waals surface area contributed by atoms with Gasteiger partial charge in [-0.1, -0.05) is 36.4 Å². The fourth-order valence-corrected chi connectivity index (χ4v) is 3.88. The third kappa shape index (κ3) is 4.07. The lowest BCUT2D eigenvalue weighted by atomic mass is 10.1. The summed E-state index contributed by atoms with van der Waals surface area (Å²) in [6.45, 7) is 4.55. The SMILES string of the molecule is C=CCn1c(=O)c(=O)n(CCC(=O)NCCc2c[nH]c3ccccc23)c2ccccc21. The summed E-state index contributed by atoms with van der Waals surface area (Å²) in [5.41, 5.74) is 2.24. The van der Waals surface area contributed by atoms with Crippen molar-refractivity contribution in [3.05, 3.63) is 93.7 Å². The van der Waals surface area contributed by atoms with Gasteiger partial charge in [0.15, 0.2) is 0 Å². The molecule has 1 amide bonds. The van der Waals surface area contributed by atoms with Crippen LogP contribution in [0.5, 0.6) is 0 Å². The van der Waals surface area contributed by atoms with Gasteiger partial charge in [0.05, 0.1) is 11.0 Å². The Morgan fingerprint density at radius 1 is 1.00 bits per heavy atom. The van der Waals surface area contributed by atoms with Gasteiger partial charge in [-0.15, -0.1) is 6.58 Å². The van der Waals surface area contributed by atoms with E-state index in [2.05, 4.69) is 22.9 Å². The Morgan fingerprint density at radius 2 is 1.68 bits per heavy atom. The Kier molecular flexibility index (Phi) is 5.84. The lowest BCUT2D eigenvalue weighted by Crippen LogP contribution is -2.42. The number of amides is 1. The number of aryl methyl sites for hydroxylation is 1. The Labute approximate surface area is 178 Å². The third-order valence-corrected chi connectivity index (χ3v) is 5.40. The normalized spacial score (nSPS) is 11.1. The number of hydrogen-bond acceptors (Lipinski definition) is 3. The van der Waals surface area contributed by atoms with Crippen molar-refractivity contribution in [2.75, 3.05) is 6.54 Å². The maximum Gasteiger partial charge on any atom is 0.317 e. The second kappa shape index (κ2) is 8.87. The molecule has 4 aromatic rings. The Bertz CT molecular complexity index is 1380. The van der Waals surface area contributed by atoms with Crippen LogP contribution in [0.1, 0.15) is 12.0 Å². The van der Waals surface area contributed by atoms with Gasteiger partial charge in [0.25, 0.3) is 0 Å². The molecule has 2 aromatic carbocycles. The van der Waals surface area contributed by atoms with E-state index in [0.717, 1.165) is 16.5 Å². The molecule has 0 radical (unpaired) electrons. The largest absolute Gasteiger partial charge is 0.361 e. The zero-order valence-electron chi connectivity index (χ0n) is 17.1. The fourth-order valence-electron chi connectivity index (χ4n) is 3.88. The quantitative estimate of drug-likeness (QED) is 0.342. The first kappa shape index (κ1) is 20.4. The van der Waals surface area contributed by atoms with Gasteiger partial charge in [-0.05, 0) is 30.2 Å². The van der Waals surface area contributed by atoms with Crippen molar-refractivity contribution in [2.24, 2.45) is 0 Å². The highest BCUT2D eigenvalue weighted by Gasteiger charge is 2.13. The van der Waals surface area contributed by atoms with Crippen LogP contribution in [0.3, 0.4) is 0 Å². The zero-order chi connectivity index (χ0) is 21.8. The number of hydrogen-bond donors (Lipinski definition) is 2. The van der Waals surface area contributed by atoms with E-state index in [1.165, 1.54) is 9.13 Å². The number of nitrogens with one attached hydrogen (secondary N) is 2. The topological polar surface area (TPSA) is 88.9 Å². The van der Waals surface area contributed by atoms with Crippen molar-refractivity contribution in [2.45, 2.75) is 25.9 Å². The minimum atomic E-state index is -0.632. The molecule has 0 saturated heterocycles. The highest BCUT2D eigenvalue weighted by molar-refractivity contribution is 5.83. The van der Waals surface area contributed by atoms with E-state index in [9.17, 15) is 14.4 Å². The molecule has 0 atom stereocenters. The number of carbonyl (C=O) groups excluding carboxylic acids is 1. The highest BCUT2D eigenvalue weighted by Crippen LogP contribution is 2.17. The molecule has 0 spiro atoms. The molecule has 158 valence electrons. The molecular weight excluding hydrogens is 392 g/mol. The van der Waals surface area contributed by atoms with Crippen molar-refractivity contribution in [1.82, 2.24) is 19.4 Å². The summed E-state index contributed by atoms with van der Waals surface area (Å²) in [7, 11) is 0. The predicted octanol–water partition coefficient (Wildman–Crippen LogP) is 2.58. The lowest BCUT2D eigenvalue weighted by molar-refractivity contribution is -0.121. The summed E-state index contributed by atoms with van der Waals surface area (Å²) in [6.07, 6.45) is 4.36. The number of para-hydroxylation sites is 3. The van der Waals surface area contributed by atoms with E-state index < -0.39 is 11.1 Å². The first-order valence-electron chi connectivity index (χ1n) is 10.2. The number of benzene rings is 2. The van der Waals surface area contributed by atoms with Gasteiger partial charge in [0.2, 0.25) is 5.91 Å². The molecular formula is C24H24N4O3. The second-order valence-corrected chi connectivity index (χ2v) is 7.36. The maximum absolute atomic E-state index is 12.6. The molecule has 0 aliphatic carbocycles. The molecule has 0 fully saturated rings. The number of allylic oxidation sites excluding steroid dienone is 1. The predicted molar refractivity (Wildman–Crippen MR) is 122 cm³/mol. The summed E-state index contributed by atoms with van der Waals surface area (Å²) in [5.74, 6) is -0.161. The molecule has 4 rings (SSSR count). The standard InChI is InChI=1S/C24H24N4O3/c1-2-14-27-20-9-5-6-10-21(20)28(24(31)23(27)30)15-12-22(29)25-13-11-17-16-26-19-8-4-3-7-18(17)19/h2-10,16,26H,1,11-15H2,(H,25,29). The van der Waals surface area contributed by atoms with Crippen LogP contribution in [-0.4, -0.2) is 26.6 Å². The van der Waals surface area contributed by atoms with E-state index in [0.29, 0.717) is 24.0 Å². The van der Waals surface area contributed by atoms with Crippen molar-refractivity contribution >= 4 is 27.8 Å². The average Bonchev–Trinajstić information content (AvgIpc) is 3.20. The first-order chi connectivity index (χ1) is 15.1. The Balaban J connectivity index is 1.44. The number of aromatic nitrogens is 3. The fraction of sp³-hybridized carbons (Fsp3) is 0.208. The summed E-state index contributed by atoms with van der Waals surface area (Å²) >= 11 is 0. The van der Waals surface area contributed by atoms with E-state index in [-0.39, 0.29) is 25.4 Å². The van der Waals surface area contributed by atoms with E-state index in [1.807, 2.05) is 36.5 Å². The molecule has 7 heteroatoms. The van der Waals surface area contributed by atoms with Crippen molar-refractivity contribution in [1.29, 1.82) is 0 Å². The maximum atomic E-state index is 12.6. The Morgan fingerprint density at radius 3 is 2.45 bits per heavy atom. The van der Waals surface area contributed by atoms with Gasteiger partial charge >= 0.3 is 11.1 Å². The lowest BCUT2D eigenvalue weighted by Gasteiger charge is -2.14. The number of carbonyl (C=O) groups is 1. The number of nitrogens with zero attached hydrogens (tertiary/aromatic N) is 2. The summed E-state index contributed by atoms with van der Waals surface area (Å²) in [4.78, 5) is 40.8. The van der Waals surface area contributed by atoms with Crippen LogP contribution in [-0.2, 0) is 24.3 Å². The summed E-state index contributed by atoms with van der Waals surface area (Å²) in [5, 5.41) is 4.05. The van der Waals surface area contributed by atoms with Gasteiger partial charge in [0.1, 0.15) is 0 Å². The monoisotopic (exact) mass is 416 g/mol. The molecule has 2 heterocycles. The number of rotatable bonds is 8. The van der Waals surface area contributed by atoms with Crippen molar-refractivity contribution in [3.8, 4) is 0 Å². The zero-order valence-corrected chi connectivity index (χ0v) is 17.1. The number of aromatic amines is 1. The molecule has 0 unspecified atom stereocenters. The van der Waals surface area contributed by atoms with Crippen LogP contribution in [0.4, 0.5) is 0 Å². The van der Waals surface area contributed by atoms with Gasteiger partial charge in [0, 0.05) is 43.2 Å². The number of H-pyrrole nitrogens is 1. The smallest absolute Gasteiger partial charge is 0.317 e. The van der Waals surface area contributed by atoms with Crippen LogP contribution in [0.2, 0.25) is 0 Å². The van der Waals surface area contributed by atoms with Crippen LogP contribution in [0.15, 0.2) is 77.0 Å². The second-order valence-electron chi connectivity index (χ2n) is 7.36. The van der Waals surface area contributed by atoms with Crippen LogP contribution < -0.4 is 16.4 Å². The van der Waals surface area contributed by atoms with Crippen LogP contribution >= 0.6 is 0 Å². The van der Waals surface area contributed by atoms with E-state index >= 15 is 0 Å². The molecule has 7 nitrogen and oxygen atoms in total. The minimum absolute atomic E-state index is 0.114. The van der Waals surface area contributed by atoms with Crippen LogP contribution in [0, 0.1) is 0 Å². The first-order valence-corrected chi connectivity index (χ1v) is 10.2. The van der Waals surface area contributed by atoms with Crippen LogP contribution in [0.25, 0.3) is 21.9 Å². The summed E-state index contributed by atoms with van der Waals surface area (Å²) in [6, 6.07) is 15.2. The molecule has 0 saturated carbocycles. The Hall–Kier alpha value is -3.87. The minimum Gasteiger partial charge on any atom is -0.361 e. The van der Waals surface area contributed by atoms with Gasteiger partial charge in [-0.25, -0.2) is 0 Å². The van der Waals surface area contributed by atoms with Gasteiger partial charge < -0.3 is 14.9 Å². The van der Waals surface area contributed by atoms with Crippen molar-refractivity contribution in [3.63, 3.8) is 0 Å². The summed E-state index contributed by atoms with van der Waals surface area (Å²) < 4.78 is 2.79. The molecule has 2 aromatic heterocycles. The van der Waals surface area contributed by atoms with Crippen molar-refractivity contribution < 1.29 is 4.79 Å². The number of fused-ring (bicyclic) bond motifs is 2. The van der Waals surface area contributed by atoms with E-state index in [1.54, 1.807) is 18.2 Å². The molecule has 2 N–H and O–H groups in total. The average molecular weight is 416 g/mol. The van der Waals surface area contributed by atoms with Gasteiger partial charge in [-0.2, -0.15) is 0 Å². The molecule has 31 heavy (non-hydrogen) atoms. The van der Waals surface area contributed by atoms with E-state index in [4.69, 9.17) is 0 Å². The van der Waals surface area contributed by atoms with Gasteiger partial charge in [-0.3, -0.25) is 19.0 Å². The molecule has 0 aliphatic rings. The molecule has 0 aliphatic heterocycles. The molecule has 0 bridgehead atoms.